The van der Waals surface area contributed by atoms with Crippen molar-refractivity contribution in [1.82, 2.24) is 25.4 Å². The Morgan fingerprint density at radius 1 is 1.21 bits per heavy atom. The molecule has 3 N–H and O–H groups in total. The normalized spacial score (nSPS) is 16.4. The number of rotatable bonds is 7. The van der Waals surface area contributed by atoms with Crippen molar-refractivity contribution in [2.75, 3.05) is 59.4 Å². The van der Waals surface area contributed by atoms with E-state index in [1.54, 1.807) is 6.07 Å². The van der Waals surface area contributed by atoms with Crippen LogP contribution in [-0.4, -0.2) is 80.1 Å². The Kier molecular flexibility index (Phi) is 10.2. The first-order valence-electron chi connectivity index (χ1n) is 10.3. The first-order chi connectivity index (χ1) is 13.7. The highest BCUT2D eigenvalue weighted by Gasteiger charge is 2.11. The summed E-state index contributed by atoms with van der Waals surface area (Å²) in [7, 11) is 2.19. The molecule has 0 spiro atoms. The number of fused-ring (bicyclic) bond motifs is 1. The summed E-state index contributed by atoms with van der Waals surface area (Å²) in [4.78, 5) is 12.8. The molecule has 0 bridgehead atoms. The number of hydrogen-bond acceptors (Lipinski definition) is 3. The summed E-state index contributed by atoms with van der Waals surface area (Å²) < 4.78 is 13.3. The molecule has 2 aromatic rings. The molecular formula is C21H34FIN6. The Balaban J connectivity index is 0.00000300. The first kappa shape index (κ1) is 23.9. The van der Waals surface area contributed by atoms with Gasteiger partial charge in [0.1, 0.15) is 5.82 Å². The summed E-state index contributed by atoms with van der Waals surface area (Å²) in [6.07, 6.45) is 4.05. The predicted molar refractivity (Wildman–Crippen MR) is 130 cm³/mol. The molecule has 1 saturated heterocycles. The van der Waals surface area contributed by atoms with E-state index < -0.39 is 0 Å². The van der Waals surface area contributed by atoms with Gasteiger partial charge in [-0.25, -0.2) is 4.39 Å². The number of hydrogen-bond donors (Lipinski definition) is 3. The summed E-state index contributed by atoms with van der Waals surface area (Å²) in [5.74, 6) is 0.650. The fourth-order valence-corrected chi connectivity index (χ4v) is 3.65. The Hall–Kier alpha value is -1.39. The zero-order valence-electron chi connectivity index (χ0n) is 17.5. The van der Waals surface area contributed by atoms with Gasteiger partial charge in [0, 0.05) is 49.8 Å². The molecule has 162 valence electrons. The molecule has 0 atom stereocenters. The van der Waals surface area contributed by atoms with Gasteiger partial charge in [0.15, 0.2) is 5.96 Å². The van der Waals surface area contributed by atoms with E-state index in [0.717, 1.165) is 69.1 Å². The van der Waals surface area contributed by atoms with Crippen LogP contribution in [0.3, 0.4) is 0 Å². The van der Waals surface area contributed by atoms with Crippen molar-refractivity contribution in [3.05, 3.63) is 35.8 Å². The standard InChI is InChI=1S/C21H33FN6.HI/c1-3-23-21(25-9-12-28-11-4-10-27(2)13-14-28)24-8-7-17-16-26-20-15-18(22)5-6-19(17)20;/h5-6,15-16,26H,3-4,7-14H2,1-2H3,(H2,23,24,25);1H. The van der Waals surface area contributed by atoms with E-state index in [4.69, 9.17) is 4.99 Å². The molecule has 1 aromatic heterocycles. The zero-order chi connectivity index (χ0) is 19.8. The molecule has 1 aliphatic rings. The number of guanidine groups is 1. The first-order valence-corrected chi connectivity index (χ1v) is 10.3. The zero-order valence-corrected chi connectivity index (χ0v) is 19.8. The van der Waals surface area contributed by atoms with E-state index in [-0.39, 0.29) is 29.8 Å². The van der Waals surface area contributed by atoms with Gasteiger partial charge < -0.3 is 25.4 Å². The summed E-state index contributed by atoms with van der Waals surface area (Å²) in [5.41, 5.74) is 2.03. The molecule has 0 amide bonds. The smallest absolute Gasteiger partial charge is 0.191 e. The van der Waals surface area contributed by atoms with Crippen LogP contribution in [-0.2, 0) is 6.42 Å². The maximum Gasteiger partial charge on any atom is 0.191 e. The minimum absolute atomic E-state index is 0. The van der Waals surface area contributed by atoms with Crippen molar-refractivity contribution >= 4 is 40.8 Å². The van der Waals surface area contributed by atoms with E-state index in [2.05, 4.69) is 39.4 Å². The van der Waals surface area contributed by atoms with Crippen molar-refractivity contribution in [1.29, 1.82) is 0 Å². The van der Waals surface area contributed by atoms with Gasteiger partial charge in [0.25, 0.3) is 0 Å². The molecule has 0 saturated carbocycles. The van der Waals surface area contributed by atoms with Gasteiger partial charge in [-0.2, -0.15) is 0 Å². The maximum atomic E-state index is 13.3. The molecule has 8 heteroatoms. The highest BCUT2D eigenvalue weighted by atomic mass is 127. The van der Waals surface area contributed by atoms with Crippen LogP contribution >= 0.6 is 24.0 Å². The maximum absolute atomic E-state index is 13.3. The Morgan fingerprint density at radius 2 is 2.07 bits per heavy atom. The molecule has 0 aliphatic carbocycles. The van der Waals surface area contributed by atoms with Crippen LogP contribution in [0.25, 0.3) is 10.9 Å². The van der Waals surface area contributed by atoms with Gasteiger partial charge in [0.2, 0.25) is 0 Å². The number of halogens is 2. The van der Waals surface area contributed by atoms with Crippen LogP contribution in [0.1, 0.15) is 18.9 Å². The van der Waals surface area contributed by atoms with Gasteiger partial charge in [-0.3, -0.25) is 4.99 Å². The number of nitrogens with zero attached hydrogens (tertiary/aromatic N) is 3. The Labute approximate surface area is 190 Å². The minimum Gasteiger partial charge on any atom is -0.361 e. The van der Waals surface area contributed by atoms with Crippen LogP contribution in [0.15, 0.2) is 29.4 Å². The SMILES string of the molecule is CCNC(=NCCN1CCCN(C)CC1)NCCc1c[nH]c2cc(F)ccc12.I. The lowest BCUT2D eigenvalue weighted by atomic mass is 10.1. The van der Waals surface area contributed by atoms with E-state index in [9.17, 15) is 4.39 Å². The van der Waals surface area contributed by atoms with Crippen LogP contribution < -0.4 is 10.6 Å². The van der Waals surface area contributed by atoms with Crippen molar-refractivity contribution in [2.24, 2.45) is 4.99 Å². The topological polar surface area (TPSA) is 58.7 Å². The average molecular weight is 516 g/mol. The van der Waals surface area contributed by atoms with Crippen molar-refractivity contribution in [2.45, 2.75) is 19.8 Å². The van der Waals surface area contributed by atoms with Crippen LogP contribution in [0.5, 0.6) is 0 Å². The number of likely N-dealkylation sites (N-methyl/N-ethyl adjacent to an activating group) is 1. The number of aliphatic imine (C=N–C) groups is 1. The minimum atomic E-state index is -0.211. The van der Waals surface area contributed by atoms with Crippen molar-refractivity contribution < 1.29 is 4.39 Å². The van der Waals surface area contributed by atoms with Gasteiger partial charge in [0.05, 0.1) is 6.54 Å². The number of H-pyrrole nitrogens is 1. The summed E-state index contributed by atoms with van der Waals surface area (Å²) in [6, 6.07) is 4.89. The summed E-state index contributed by atoms with van der Waals surface area (Å²) in [5, 5.41) is 7.82. The van der Waals surface area contributed by atoms with Crippen LogP contribution in [0.4, 0.5) is 4.39 Å². The molecular weight excluding hydrogens is 482 g/mol. The second kappa shape index (κ2) is 12.3. The molecule has 1 aromatic carbocycles. The fraction of sp³-hybridized carbons (Fsp3) is 0.571. The third-order valence-corrected chi connectivity index (χ3v) is 5.26. The molecule has 0 unspecified atom stereocenters. The molecule has 1 aliphatic heterocycles. The number of aromatic nitrogens is 1. The van der Waals surface area contributed by atoms with Gasteiger partial charge in [-0.1, -0.05) is 0 Å². The Bertz CT molecular complexity index is 778. The third-order valence-electron chi connectivity index (χ3n) is 5.26. The number of aromatic amines is 1. The second-order valence-electron chi connectivity index (χ2n) is 7.44. The van der Waals surface area contributed by atoms with E-state index in [0.29, 0.717) is 0 Å². The molecule has 0 radical (unpaired) electrons. The molecule has 1 fully saturated rings. The lowest BCUT2D eigenvalue weighted by Gasteiger charge is -2.19. The quantitative estimate of drug-likeness (QED) is 0.301. The monoisotopic (exact) mass is 516 g/mol. The fourth-order valence-electron chi connectivity index (χ4n) is 3.65. The summed E-state index contributed by atoms with van der Waals surface area (Å²) in [6.45, 7) is 10.1. The van der Waals surface area contributed by atoms with Gasteiger partial charge in [-0.15, -0.1) is 24.0 Å². The third kappa shape index (κ3) is 7.42. The molecule has 2 heterocycles. The number of nitrogens with one attached hydrogen (secondary N) is 3. The van der Waals surface area contributed by atoms with Crippen LogP contribution in [0, 0.1) is 5.82 Å². The predicted octanol–water partition coefficient (Wildman–Crippen LogP) is 2.66. The van der Waals surface area contributed by atoms with Crippen molar-refractivity contribution in [3.8, 4) is 0 Å². The average Bonchev–Trinajstić information content (AvgIpc) is 2.95. The van der Waals surface area contributed by atoms with Gasteiger partial charge >= 0.3 is 0 Å². The van der Waals surface area contributed by atoms with Crippen molar-refractivity contribution in [3.63, 3.8) is 0 Å². The highest BCUT2D eigenvalue weighted by Crippen LogP contribution is 2.19. The largest absolute Gasteiger partial charge is 0.361 e. The molecule has 3 rings (SSSR count). The highest BCUT2D eigenvalue weighted by molar-refractivity contribution is 14.0. The molecule has 6 nitrogen and oxygen atoms in total. The number of benzene rings is 1. The second-order valence-corrected chi connectivity index (χ2v) is 7.44. The lowest BCUT2D eigenvalue weighted by Crippen LogP contribution is -2.39. The summed E-state index contributed by atoms with van der Waals surface area (Å²) >= 11 is 0. The van der Waals surface area contributed by atoms with E-state index in [1.165, 1.54) is 24.6 Å². The van der Waals surface area contributed by atoms with E-state index >= 15 is 0 Å². The van der Waals surface area contributed by atoms with Crippen LogP contribution in [0.2, 0.25) is 0 Å². The molecule has 29 heavy (non-hydrogen) atoms. The van der Waals surface area contributed by atoms with E-state index in [1.807, 2.05) is 12.3 Å². The van der Waals surface area contributed by atoms with Gasteiger partial charge in [-0.05, 0) is 63.7 Å². The Morgan fingerprint density at radius 3 is 2.90 bits per heavy atom. The lowest BCUT2D eigenvalue weighted by molar-refractivity contribution is 0.283.